The molecule has 1 aromatic rings. The van der Waals surface area contributed by atoms with E-state index in [2.05, 4.69) is 4.72 Å². The molecule has 0 radical (unpaired) electrons. The van der Waals surface area contributed by atoms with Gasteiger partial charge in [0.2, 0.25) is 15.9 Å². The summed E-state index contributed by atoms with van der Waals surface area (Å²) >= 11 is 0. The van der Waals surface area contributed by atoms with Crippen LogP contribution in [0.2, 0.25) is 0 Å². The van der Waals surface area contributed by atoms with E-state index in [1.165, 1.54) is 31.2 Å². The Labute approximate surface area is 116 Å². The van der Waals surface area contributed by atoms with E-state index in [0.29, 0.717) is 12.0 Å². The fraction of sp³-hybridized carbons (Fsp3) is 0.333. The smallest absolute Gasteiger partial charge is 0.303 e. The van der Waals surface area contributed by atoms with Gasteiger partial charge in [0, 0.05) is 6.42 Å². The molecule has 0 aliphatic rings. The van der Waals surface area contributed by atoms with Gasteiger partial charge < -0.3 is 10.8 Å². The van der Waals surface area contributed by atoms with Crippen molar-refractivity contribution < 1.29 is 23.1 Å². The van der Waals surface area contributed by atoms with E-state index < -0.39 is 27.9 Å². The first kappa shape index (κ1) is 16.1. The highest BCUT2D eigenvalue weighted by molar-refractivity contribution is 7.89. The summed E-state index contributed by atoms with van der Waals surface area (Å²) in [5, 5.41) is 8.56. The van der Waals surface area contributed by atoms with Gasteiger partial charge in [0.1, 0.15) is 0 Å². The Kier molecular flexibility index (Phi) is 5.23. The van der Waals surface area contributed by atoms with Crippen molar-refractivity contribution in [3.05, 3.63) is 29.8 Å². The lowest BCUT2D eigenvalue weighted by Crippen LogP contribution is -2.42. The Bertz CT molecular complexity index is 595. The summed E-state index contributed by atoms with van der Waals surface area (Å²) in [6.07, 6.45) is 0.295. The molecule has 0 fully saturated rings. The van der Waals surface area contributed by atoms with Crippen molar-refractivity contribution in [3.63, 3.8) is 0 Å². The quantitative estimate of drug-likeness (QED) is 0.645. The highest BCUT2D eigenvalue weighted by Crippen LogP contribution is 2.12. The molecular formula is C12H16N2O5S. The predicted octanol–water partition coefficient (Wildman–Crippen LogP) is -0.144. The second kappa shape index (κ2) is 6.49. The van der Waals surface area contributed by atoms with Crippen molar-refractivity contribution in [1.82, 2.24) is 4.72 Å². The predicted molar refractivity (Wildman–Crippen MR) is 71.4 cm³/mol. The molecule has 1 rings (SSSR count). The van der Waals surface area contributed by atoms with Crippen LogP contribution in [0.25, 0.3) is 0 Å². The average molecular weight is 300 g/mol. The highest BCUT2D eigenvalue weighted by atomic mass is 32.2. The Hall–Kier alpha value is -1.93. The zero-order valence-electron chi connectivity index (χ0n) is 10.9. The number of nitrogens with one attached hydrogen (secondary N) is 1. The second-order valence-electron chi connectivity index (χ2n) is 4.28. The van der Waals surface area contributed by atoms with Gasteiger partial charge in [-0.15, -0.1) is 0 Å². The van der Waals surface area contributed by atoms with Crippen molar-refractivity contribution >= 4 is 21.9 Å². The van der Waals surface area contributed by atoms with Gasteiger partial charge in [-0.2, -0.15) is 4.72 Å². The summed E-state index contributed by atoms with van der Waals surface area (Å²) in [5.41, 5.74) is 5.71. The van der Waals surface area contributed by atoms with Crippen LogP contribution in [-0.4, -0.2) is 31.4 Å². The molecule has 1 atom stereocenters. The number of carbonyl (C=O) groups is 2. The van der Waals surface area contributed by atoms with Crippen LogP contribution >= 0.6 is 0 Å². The standard InChI is InChI=1S/C12H16N2O5S/c1-8(12(13)17)14-20(18,19)10-5-2-9(3-6-10)4-7-11(15)16/h2-3,5-6,8,14H,4,7H2,1H3,(H2,13,17)(H,15,16). The normalized spacial score (nSPS) is 12.8. The largest absolute Gasteiger partial charge is 0.481 e. The van der Waals surface area contributed by atoms with Crippen LogP contribution in [-0.2, 0) is 26.0 Å². The van der Waals surface area contributed by atoms with Crippen molar-refractivity contribution in [1.29, 1.82) is 0 Å². The average Bonchev–Trinajstić information content (AvgIpc) is 2.36. The zero-order valence-corrected chi connectivity index (χ0v) is 11.7. The minimum absolute atomic E-state index is 0.00956. The number of carboxylic acid groups (broad SMARTS) is 1. The number of hydrogen-bond donors (Lipinski definition) is 3. The zero-order chi connectivity index (χ0) is 15.3. The molecule has 0 spiro atoms. The fourth-order valence-electron chi connectivity index (χ4n) is 1.45. The molecule has 1 aromatic carbocycles. The number of amides is 1. The summed E-state index contributed by atoms with van der Waals surface area (Å²) in [6.45, 7) is 1.35. The lowest BCUT2D eigenvalue weighted by molar-refractivity contribution is -0.137. The number of carboxylic acids is 1. The number of hydrogen-bond acceptors (Lipinski definition) is 4. The van der Waals surface area contributed by atoms with Gasteiger partial charge in [0.05, 0.1) is 10.9 Å². The summed E-state index contributed by atoms with van der Waals surface area (Å²) in [5.74, 6) is -1.69. The minimum Gasteiger partial charge on any atom is -0.481 e. The van der Waals surface area contributed by atoms with E-state index in [0.717, 1.165) is 0 Å². The number of aliphatic carboxylic acids is 1. The van der Waals surface area contributed by atoms with Gasteiger partial charge in [-0.25, -0.2) is 8.42 Å². The van der Waals surface area contributed by atoms with Gasteiger partial charge in [0.25, 0.3) is 0 Å². The molecule has 0 saturated heterocycles. The number of carbonyl (C=O) groups excluding carboxylic acids is 1. The van der Waals surface area contributed by atoms with E-state index in [4.69, 9.17) is 10.8 Å². The number of sulfonamides is 1. The Morgan fingerprint density at radius 3 is 2.30 bits per heavy atom. The third-order valence-corrected chi connectivity index (χ3v) is 4.18. The van der Waals surface area contributed by atoms with Gasteiger partial charge in [-0.3, -0.25) is 9.59 Å². The molecule has 1 unspecified atom stereocenters. The highest BCUT2D eigenvalue weighted by Gasteiger charge is 2.20. The van der Waals surface area contributed by atoms with Crippen molar-refractivity contribution in [2.45, 2.75) is 30.7 Å². The lowest BCUT2D eigenvalue weighted by Gasteiger charge is -2.11. The summed E-state index contributed by atoms with van der Waals surface area (Å²) in [7, 11) is -3.82. The first-order valence-electron chi connectivity index (χ1n) is 5.85. The van der Waals surface area contributed by atoms with Crippen LogP contribution in [0.5, 0.6) is 0 Å². The number of nitrogens with two attached hydrogens (primary N) is 1. The van der Waals surface area contributed by atoms with Crippen LogP contribution in [0.1, 0.15) is 18.9 Å². The molecule has 0 heterocycles. The third kappa shape index (κ3) is 4.63. The van der Waals surface area contributed by atoms with E-state index in [-0.39, 0.29) is 11.3 Å². The van der Waals surface area contributed by atoms with E-state index in [1.54, 1.807) is 0 Å². The van der Waals surface area contributed by atoms with Gasteiger partial charge in [-0.1, -0.05) is 12.1 Å². The Morgan fingerprint density at radius 1 is 1.30 bits per heavy atom. The summed E-state index contributed by atoms with van der Waals surface area (Å²) < 4.78 is 26.0. The monoisotopic (exact) mass is 300 g/mol. The van der Waals surface area contributed by atoms with E-state index in [1.807, 2.05) is 0 Å². The molecule has 0 saturated carbocycles. The second-order valence-corrected chi connectivity index (χ2v) is 6.00. The SMILES string of the molecule is CC(NS(=O)(=O)c1ccc(CCC(=O)O)cc1)C(N)=O. The van der Waals surface area contributed by atoms with Crippen molar-refractivity contribution in [3.8, 4) is 0 Å². The maximum absolute atomic E-state index is 11.9. The number of rotatable bonds is 7. The first-order chi connectivity index (χ1) is 9.22. The molecule has 8 heteroatoms. The summed E-state index contributed by atoms with van der Waals surface area (Å²) in [4.78, 5) is 21.3. The van der Waals surface area contributed by atoms with Crippen molar-refractivity contribution in [2.24, 2.45) is 5.73 Å². The number of primary amides is 1. The minimum atomic E-state index is -3.82. The topological polar surface area (TPSA) is 127 Å². The molecule has 20 heavy (non-hydrogen) atoms. The van der Waals surface area contributed by atoms with Crippen LogP contribution in [0, 0.1) is 0 Å². The molecule has 7 nitrogen and oxygen atoms in total. The van der Waals surface area contributed by atoms with Crippen molar-refractivity contribution in [2.75, 3.05) is 0 Å². The van der Waals surface area contributed by atoms with Gasteiger partial charge in [-0.05, 0) is 31.0 Å². The molecule has 0 aliphatic carbocycles. The third-order valence-electron chi connectivity index (χ3n) is 2.62. The lowest BCUT2D eigenvalue weighted by atomic mass is 10.1. The Morgan fingerprint density at radius 2 is 1.85 bits per heavy atom. The molecule has 0 aromatic heterocycles. The first-order valence-corrected chi connectivity index (χ1v) is 7.33. The maximum atomic E-state index is 11.9. The fourth-order valence-corrected chi connectivity index (χ4v) is 2.66. The maximum Gasteiger partial charge on any atom is 0.303 e. The van der Waals surface area contributed by atoms with E-state index in [9.17, 15) is 18.0 Å². The van der Waals surface area contributed by atoms with Crippen LogP contribution < -0.4 is 10.5 Å². The van der Waals surface area contributed by atoms with Crippen LogP contribution in [0.4, 0.5) is 0 Å². The van der Waals surface area contributed by atoms with Gasteiger partial charge in [0.15, 0.2) is 0 Å². The van der Waals surface area contributed by atoms with E-state index >= 15 is 0 Å². The molecule has 110 valence electrons. The molecule has 0 aliphatic heterocycles. The number of benzene rings is 1. The van der Waals surface area contributed by atoms with Gasteiger partial charge >= 0.3 is 5.97 Å². The summed E-state index contributed by atoms with van der Waals surface area (Å²) in [6, 6.07) is 4.77. The molecular weight excluding hydrogens is 284 g/mol. The Balaban J connectivity index is 2.81. The van der Waals surface area contributed by atoms with Crippen LogP contribution in [0.15, 0.2) is 29.2 Å². The van der Waals surface area contributed by atoms with Crippen LogP contribution in [0.3, 0.4) is 0 Å². The molecule has 1 amide bonds. The number of aryl methyl sites for hydroxylation is 1. The molecule has 0 bridgehead atoms. The molecule has 4 N–H and O–H groups in total.